The van der Waals surface area contributed by atoms with Gasteiger partial charge in [-0.25, -0.2) is 8.78 Å². The number of nitrogens with two attached hydrogens (primary N) is 1. The average molecular weight is 248 g/mol. The fraction of sp³-hybridized carbons (Fsp3) is 0.917. The minimum Gasteiger partial charge on any atom is -0.345 e. The van der Waals surface area contributed by atoms with Crippen LogP contribution in [0.15, 0.2) is 0 Å². The van der Waals surface area contributed by atoms with Crippen molar-refractivity contribution in [2.75, 3.05) is 20.1 Å². The Balaban J connectivity index is 2.54. The van der Waals surface area contributed by atoms with Crippen LogP contribution in [0.4, 0.5) is 8.78 Å². The molecule has 0 bridgehead atoms. The Morgan fingerprint density at radius 3 is 2.53 bits per heavy atom. The van der Waals surface area contributed by atoms with Gasteiger partial charge in [-0.2, -0.15) is 0 Å². The van der Waals surface area contributed by atoms with E-state index in [1.807, 2.05) is 13.8 Å². The third kappa shape index (κ3) is 3.91. The molecule has 1 saturated carbocycles. The second-order valence-corrected chi connectivity index (χ2v) is 5.86. The van der Waals surface area contributed by atoms with Crippen LogP contribution in [-0.4, -0.2) is 36.9 Å². The summed E-state index contributed by atoms with van der Waals surface area (Å²) in [4.78, 5) is 13.5. The van der Waals surface area contributed by atoms with Gasteiger partial charge in [0.2, 0.25) is 11.8 Å². The molecule has 2 N–H and O–H groups in total. The highest BCUT2D eigenvalue weighted by molar-refractivity contribution is 5.79. The molecular weight excluding hydrogens is 226 g/mol. The summed E-state index contributed by atoms with van der Waals surface area (Å²) in [5.41, 5.74) is 5.42. The number of carbonyl (C=O) groups excluding carboxylic acids is 1. The molecule has 0 spiro atoms. The second kappa shape index (κ2) is 4.88. The van der Waals surface area contributed by atoms with Crippen molar-refractivity contribution in [3.8, 4) is 0 Å². The van der Waals surface area contributed by atoms with Crippen LogP contribution in [-0.2, 0) is 4.79 Å². The first-order valence-electron chi connectivity index (χ1n) is 6.00. The molecule has 0 heterocycles. The average Bonchev–Trinajstić information content (AvgIpc) is 2.57. The van der Waals surface area contributed by atoms with E-state index >= 15 is 0 Å². The van der Waals surface area contributed by atoms with Crippen molar-refractivity contribution in [1.82, 2.24) is 4.90 Å². The van der Waals surface area contributed by atoms with Gasteiger partial charge in [-0.3, -0.25) is 4.79 Å². The second-order valence-electron chi connectivity index (χ2n) is 5.86. The lowest BCUT2D eigenvalue weighted by Gasteiger charge is -2.30. The number of hydrogen-bond donors (Lipinski definition) is 1. The SMILES string of the molecule is CN(CC(C)(C)CN)C(=O)C1CCC(F)(F)C1. The zero-order chi connectivity index (χ0) is 13.3. The molecular formula is C12H22F2N2O. The predicted octanol–water partition coefficient (Wildman–Crippen LogP) is 1.87. The van der Waals surface area contributed by atoms with Crippen LogP contribution in [0, 0.1) is 11.3 Å². The Morgan fingerprint density at radius 2 is 2.12 bits per heavy atom. The molecule has 1 amide bonds. The van der Waals surface area contributed by atoms with E-state index in [0.29, 0.717) is 19.5 Å². The van der Waals surface area contributed by atoms with Gasteiger partial charge in [0, 0.05) is 32.4 Å². The van der Waals surface area contributed by atoms with Crippen LogP contribution < -0.4 is 5.73 Å². The molecule has 1 aliphatic carbocycles. The fourth-order valence-electron chi connectivity index (χ4n) is 2.26. The van der Waals surface area contributed by atoms with Gasteiger partial charge in [0.15, 0.2) is 0 Å². The van der Waals surface area contributed by atoms with Crippen molar-refractivity contribution in [3.05, 3.63) is 0 Å². The molecule has 1 fully saturated rings. The molecule has 0 aromatic carbocycles. The Hall–Kier alpha value is -0.710. The first-order valence-corrected chi connectivity index (χ1v) is 6.00. The van der Waals surface area contributed by atoms with E-state index in [2.05, 4.69) is 0 Å². The lowest BCUT2D eigenvalue weighted by atomic mass is 9.92. The summed E-state index contributed by atoms with van der Waals surface area (Å²) < 4.78 is 26.1. The summed E-state index contributed by atoms with van der Waals surface area (Å²) in [5.74, 6) is -3.36. The molecule has 1 unspecified atom stereocenters. The highest BCUT2D eigenvalue weighted by Gasteiger charge is 2.43. The van der Waals surface area contributed by atoms with Gasteiger partial charge in [-0.05, 0) is 18.4 Å². The van der Waals surface area contributed by atoms with Gasteiger partial charge in [0.1, 0.15) is 0 Å². The van der Waals surface area contributed by atoms with Crippen molar-refractivity contribution in [3.63, 3.8) is 0 Å². The van der Waals surface area contributed by atoms with Crippen molar-refractivity contribution in [2.45, 2.75) is 39.0 Å². The topological polar surface area (TPSA) is 46.3 Å². The number of hydrogen-bond acceptors (Lipinski definition) is 2. The number of halogens is 2. The van der Waals surface area contributed by atoms with Crippen LogP contribution >= 0.6 is 0 Å². The molecule has 17 heavy (non-hydrogen) atoms. The van der Waals surface area contributed by atoms with E-state index in [4.69, 9.17) is 5.73 Å². The third-order valence-electron chi connectivity index (χ3n) is 3.35. The maximum atomic E-state index is 13.0. The van der Waals surface area contributed by atoms with Crippen LogP contribution in [0.2, 0.25) is 0 Å². The maximum absolute atomic E-state index is 13.0. The summed E-state index contributed by atoms with van der Waals surface area (Å²) in [7, 11) is 1.66. The molecule has 0 aliphatic heterocycles. The molecule has 0 saturated heterocycles. The molecule has 0 aromatic rings. The monoisotopic (exact) mass is 248 g/mol. The highest BCUT2D eigenvalue weighted by Crippen LogP contribution is 2.39. The number of nitrogens with zero attached hydrogens (tertiary/aromatic N) is 1. The van der Waals surface area contributed by atoms with Gasteiger partial charge < -0.3 is 10.6 Å². The van der Waals surface area contributed by atoms with E-state index in [0.717, 1.165) is 0 Å². The Morgan fingerprint density at radius 1 is 1.53 bits per heavy atom. The molecule has 5 heteroatoms. The largest absolute Gasteiger partial charge is 0.345 e. The smallest absolute Gasteiger partial charge is 0.248 e. The van der Waals surface area contributed by atoms with E-state index < -0.39 is 11.8 Å². The van der Waals surface area contributed by atoms with Crippen molar-refractivity contribution in [1.29, 1.82) is 0 Å². The summed E-state index contributed by atoms with van der Waals surface area (Å²) in [5, 5.41) is 0. The summed E-state index contributed by atoms with van der Waals surface area (Å²) in [6.07, 6.45) is -0.185. The number of alkyl halides is 2. The first-order chi connectivity index (χ1) is 7.67. The van der Waals surface area contributed by atoms with Crippen LogP contribution in [0.1, 0.15) is 33.1 Å². The zero-order valence-electron chi connectivity index (χ0n) is 10.8. The molecule has 100 valence electrons. The molecule has 0 aromatic heterocycles. The Bertz CT molecular complexity index is 292. The van der Waals surface area contributed by atoms with E-state index in [1.165, 1.54) is 0 Å². The third-order valence-corrected chi connectivity index (χ3v) is 3.35. The molecule has 0 radical (unpaired) electrons. The summed E-state index contributed by atoms with van der Waals surface area (Å²) >= 11 is 0. The van der Waals surface area contributed by atoms with Crippen LogP contribution in [0.25, 0.3) is 0 Å². The minimum absolute atomic E-state index is 0.169. The lowest BCUT2D eigenvalue weighted by molar-refractivity contribution is -0.136. The number of carbonyl (C=O) groups is 1. The normalized spacial score (nSPS) is 23.8. The highest BCUT2D eigenvalue weighted by atomic mass is 19.3. The van der Waals surface area contributed by atoms with Crippen molar-refractivity contribution < 1.29 is 13.6 Å². The lowest BCUT2D eigenvalue weighted by Crippen LogP contribution is -2.42. The molecule has 1 aliphatic rings. The Labute approximate surface area is 101 Å². The minimum atomic E-state index is -2.66. The zero-order valence-corrected chi connectivity index (χ0v) is 10.8. The quantitative estimate of drug-likeness (QED) is 0.825. The number of amides is 1. The van der Waals surface area contributed by atoms with Gasteiger partial charge in [0.25, 0.3) is 0 Å². The van der Waals surface area contributed by atoms with Gasteiger partial charge in [-0.15, -0.1) is 0 Å². The van der Waals surface area contributed by atoms with Crippen molar-refractivity contribution in [2.24, 2.45) is 17.1 Å². The molecule has 1 rings (SSSR count). The van der Waals surface area contributed by atoms with Crippen LogP contribution in [0.3, 0.4) is 0 Å². The van der Waals surface area contributed by atoms with Crippen LogP contribution in [0.5, 0.6) is 0 Å². The molecule has 3 nitrogen and oxygen atoms in total. The summed E-state index contributed by atoms with van der Waals surface area (Å²) in [6, 6.07) is 0. The number of rotatable bonds is 4. The summed E-state index contributed by atoms with van der Waals surface area (Å²) in [6.45, 7) is 4.88. The van der Waals surface area contributed by atoms with Gasteiger partial charge >= 0.3 is 0 Å². The standard InChI is InChI=1S/C12H22F2N2O/c1-11(2,7-15)8-16(3)10(17)9-4-5-12(13,14)6-9/h9H,4-8,15H2,1-3H3. The predicted molar refractivity (Wildman–Crippen MR) is 62.8 cm³/mol. The van der Waals surface area contributed by atoms with Gasteiger partial charge in [-0.1, -0.05) is 13.8 Å². The van der Waals surface area contributed by atoms with Gasteiger partial charge in [0.05, 0.1) is 0 Å². The van der Waals surface area contributed by atoms with E-state index in [1.54, 1.807) is 11.9 Å². The molecule has 1 atom stereocenters. The van der Waals surface area contributed by atoms with E-state index in [9.17, 15) is 13.6 Å². The van der Waals surface area contributed by atoms with Crippen molar-refractivity contribution >= 4 is 5.91 Å². The Kier molecular flexibility index (Phi) is 4.12. The fourth-order valence-corrected chi connectivity index (χ4v) is 2.26. The van der Waals surface area contributed by atoms with E-state index in [-0.39, 0.29) is 24.2 Å². The first kappa shape index (κ1) is 14.4. The maximum Gasteiger partial charge on any atom is 0.248 e.